The summed E-state index contributed by atoms with van der Waals surface area (Å²) in [6.45, 7) is 0. The number of benzene rings is 2. The van der Waals surface area contributed by atoms with Gasteiger partial charge in [-0.1, -0.05) is 35.3 Å². The number of halogens is 2. The van der Waals surface area contributed by atoms with Gasteiger partial charge in [-0.2, -0.15) is 5.26 Å². The van der Waals surface area contributed by atoms with Gasteiger partial charge >= 0.3 is 0 Å². The lowest BCUT2D eigenvalue weighted by atomic mass is 10.1. The summed E-state index contributed by atoms with van der Waals surface area (Å²) in [5.41, 5.74) is 2.12. The number of anilines is 2. The number of hydrogen-bond donors (Lipinski definition) is 1. The molecule has 2 aromatic rings. The van der Waals surface area contributed by atoms with Gasteiger partial charge in [0, 0.05) is 24.8 Å². The fourth-order valence-electron chi connectivity index (χ4n) is 1.97. The Hall–Kier alpha value is -2.48. The van der Waals surface area contributed by atoms with Gasteiger partial charge in [0.1, 0.15) is 11.6 Å². The van der Waals surface area contributed by atoms with Gasteiger partial charge in [0.15, 0.2) is 0 Å². The van der Waals surface area contributed by atoms with Gasteiger partial charge in [0.25, 0.3) is 5.91 Å². The van der Waals surface area contributed by atoms with E-state index in [0.717, 1.165) is 11.3 Å². The minimum Gasteiger partial charge on any atom is -0.378 e. The summed E-state index contributed by atoms with van der Waals surface area (Å²) in [6.07, 6.45) is 1.52. The van der Waals surface area contributed by atoms with E-state index in [0.29, 0.717) is 15.7 Å². The minimum absolute atomic E-state index is 0.0244. The Morgan fingerprint density at radius 1 is 1.17 bits per heavy atom. The number of nitrogens with zero attached hydrogens (tertiary/aromatic N) is 2. The van der Waals surface area contributed by atoms with Gasteiger partial charge in [0.2, 0.25) is 0 Å². The van der Waals surface area contributed by atoms with E-state index in [9.17, 15) is 10.1 Å². The maximum atomic E-state index is 12.3. The molecule has 0 spiro atoms. The highest BCUT2D eigenvalue weighted by Crippen LogP contribution is 2.26. The van der Waals surface area contributed by atoms with Gasteiger partial charge in [-0.15, -0.1) is 0 Å². The second kappa shape index (κ2) is 7.87. The van der Waals surface area contributed by atoms with E-state index in [-0.39, 0.29) is 5.57 Å². The number of nitrogens with one attached hydrogen (secondary N) is 1. The fourth-order valence-corrected chi connectivity index (χ4v) is 2.30. The molecule has 1 amide bonds. The Bertz CT molecular complexity index is 821. The van der Waals surface area contributed by atoms with Gasteiger partial charge in [0.05, 0.1) is 10.7 Å². The van der Waals surface area contributed by atoms with Crippen LogP contribution in [0.25, 0.3) is 6.08 Å². The van der Waals surface area contributed by atoms with E-state index in [1.165, 1.54) is 12.1 Å². The van der Waals surface area contributed by atoms with E-state index in [4.69, 9.17) is 23.2 Å². The zero-order valence-corrected chi connectivity index (χ0v) is 14.7. The normalized spacial score (nSPS) is 10.9. The highest BCUT2D eigenvalue weighted by molar-refractivity contribution is 6.36. The standard InChI is InChI=1S/C18H15Cl2N3O/c1-23(2)15-6-3-12(4-7-15)9-13(11-21)18(24)22-17-10-14(19)5-8-16(17)20/h3-10H,1-2H3,(H,22,24)/b13-9-. The monoisotopic (exact) mass is 359 g/mol. The topological polar surface area (TPSA) is 56.1 Å². The molecule has 0 unspecified atom stereocenters. The third kappa shape index (κ3) is 4.51. The first-order valence-electron chi connectivity index (χ1n) is 7.06. The Balaban J connectivity index is 2.22. The van der Waals surface area contributed by atoms with Crippen molar-refractivity contribution in [3.8, 4) is 6.07 Å². The molecule has 0 aliphatic heterocycles. The quantitative estimate of drug-likeness (QED) is 0.640. The molecule has 0 aliphatic rings. The molecule has 2 aromatic carbocycles. The first-order chi connectivity index (χ1) is 11.4. The molecule has 0 saturated heterocycles. The van der Waals surface area contributed by atoms with Crippen molar-refractivity contribution in [2.24, 2.45) is 0 Å². The van der Waals surface area contributed by atoms with Crippen LogP contribution < -0.4 is 10.2 Å². The van der Waals surface area contributed by atoms with Crippen molar-refractivity contribution in [2.75, 3.05) is 24.3 Å². The number of amides is 1. The van der Waals surface area contributed by atoms with Crippen molar-refractivity contribution in [2.45, 2.75) is 0 Å². The molecule has 0 radical (unpaired) electrons. The molecule has 0 saturated carbocycles. The van der Waals surface area contributed by atoms with Crippen LogP contribution in [-0.4, -0.2) is 20.0 Å². The van der Waals surface area contributed by atoms with E-state index >= 15 is 0 Å². The van der Waals surface area contributed by atoms with Crippen LogP contribution in [-0.2, 0) is 4.79 Å². The highest BCUT2D eigenvalue weighted by atomic mass is 35.5. The van der Waals surface area contributed by atoms with Crippen molar-refractivity contribution in [3.63, 3.8) is 0 Å². The van der Waals surface area contributed by atoms with Crippen molar-refractivity contribution in [1.29, 1.82) is 5.26 Å². The second-order valence-electron chi connectivity index (χ2n) is 5.23. The summed E-state index contributed by atoms with van der Waals surface area (Å²) < 4.78 is 0. The molecule has 24 heavy (non-hydrogen) atoms. The molecular formula is C18H15Cl2N3O. The van der Waals surface area contributed by atoms with Crippen molar-refractivity contribution >= 4 is 46.6 Å². The van der Waals surface area contributed by atoms with Crippen LogP contribution in [0.2, 0.25) is 10.0 Å². The van der Waals surface area contributed by atoms with Gasteiger partial charge in [-0.3, -0.25) is 4.79 Å². The van der Waals surface area contributed by atoms with Crippen LogP contribution in [0.1, 0.15) is 5.56 Å². The Morgan fingerprint density at radius 2 is 1.83 bits per heavy atom. The average molecular weight is 360 g/mol. The second-order valence-corrected chi connectivity index (χ2v) is 6.08. The minimum atomic E-state index is -0.543. The molecule has 0 atom stereocenters. The van der Waals surface area contributed by atoms with Crippen LogP contribution in [0, 0.1) is 11.3 Å². The number of carbonyl (C=O) groups excluding carboxylic acids is 1. The van der Waals surface area contributed by atoms with Crippen LogP contribution in [0.4, 0.5) is 11.4 Å². The molecule has 6 heteroatoms. The lowest BCUT2D eigenvalue weighted by molar-refractivity contribution is -0.112. The van der Waals surface area contributed by atoms with Crippen molar-refractivity contribution in [1.82, 2.24) is 0 Å². The Kier molecular flexibility index (Phi) is 5.86. The summed E-state index contributed by atoms with van der Waals surface area (Å²) in [7, 11) is 3.88. The Labute approximate surface area is 150 Å². The lowest BCUT2D eigenvalue weighted by Crippen LogP contribution is -2.13. The molecule has 1 N–H and O–H groups in total. The van der Waals surface area contributed by atoms with E-state index in [1.54, 1.807) is 12.1 Å². The molecule has 0 heterocycles. The lowest BCUT2D eigenvalue weighted by Gasteiger charge is -2.12. The molecule has 4 nitrogen and oxygen atoms in total. The van der Waals surface area contributed by atoms with E-state index in [1.807, 2.05) is 49.3 Å². The van der Waals surface area contributed by atoms with Crippen molar-refractivity contribution in [3.05, 3.63) is 63.6 Å². The Morgan fingerprint density at radius 3 is 2.42 bits per heavy atom. The van der Waals surface area contributed by atoms with E-state index < -0.39 is 5.91 Å². The maximum Gasteiger partial charge on any atom is 0.266 e. The van der Waals surface area contributed by atoms with Crippen LogP contribution in [0.5, 0.6) is 0 Å². The average Bonchev–Trinajstić information content (AvgIpc) is 2.56. The molecular weight excluding hydrogens is 345 g/mol. The van der Waals surface area contributed by atoms with Gasteiger partial charge in [-0.05, 0) is 42.0 Å². The zero-order chi connectivity index (χ0) is 17.7. The molecule has 0 aliphatic carbocycles. The molecule has 2 rings (SSSR count). The SMILES string of the molecule is CN(C)c1ccc(/C=C(/C#N)C(=O)Nc2cc(Cl)ccc2Cl)cc1. The van der Waals surface area contributed by atoms with Crippen LogP contribution in [0.3, 0.4) is 0 Å². The van der Waals surface area contributed by atoms with E-state index in [2.05, 4.69) is 5.32 Å². The summed E-state index contributed by atoms with van der Waals surface area (Å²) >= 11 is 11.9. The van der Waals surface area contributed by atoms with Gasteiger partial charge in [-0.25, -0.2) is 0 Å². The molecule has 122 valence electrons. The largest absolute Gasteiger partial charge is 0.378 e. The van der Waals surface area contributed by atoms with Gasteiger partial charge < -0.3 is 10.2 Å². The summed E-state index contributed by atoms with van der Waals surface area (Å²) in [5, 5.41) is 12.6. The number of nitriles is 1. The predicted molar refractivity (Wildman–Crippen MR) is 99.5 cm³/mol. The van der Waals surface area contributed by atoms with Crippen LogP contribution >= 0.6 is 23.2 Å². The highest BCUT2D eigenvalue weighted by Gasteiger charge is 2.12. The summed E-state index contributed by atoms with van der Waals surface area (Å²) in [5.74, 6) is -0.543. The van der Waals surface area contributed by atoms with Crippen molar-refractivity contribution < 1.29 is 4.79 Å². The maximum absolute atomic E-state index is 12.3. The number of rotatable bonds is 4. The molecule has 0 aromatic heterocycles. The third-order valence-corrected chi connectivity index (χ3v) is 3.83. The zero-order valence-electron chi connectivity index (χ0n) is 13.2. The predicted octanol–water partition coefficient (Wildman–Crippen LogP) is 4.61. The fraction of sp³-hybridized carbons (Fsp3) is 0.111. The number of carbonyl (C=O) groups is 1. The molecule has 0 fully saturated rings. The smallest absolute Gasteiger partial charge is 0.266 e. The number of hydrogen-bond acceptors (Lipinski definition) is 3. The third-order valence-electron chi connectivity index (χ3n) is 3.26. The first-order valence-corrected chi connectivity index (χ1v) is 7.82. The summed E-state index contributed by atoms with van der Waals surface area (Å²) in [6, 6.07) is 14.1. The molecule has 0 bridgehead atoms. The summed E-state index contributed by atoms with van der Waals surface area (Å²) in [4.78, 5) is 14.2. The first kappa shape index (κ1) is 17.9. The van der Waals surface area contributed by atoms with Crippen LogP contribution in [0.15, 0.2) is 48.0 Å².